The van der Waals surface area contributed by atoms with E-state index in [1.807, 2.05) is 49.4 Å². The standard InChI is InChI=1S/C24H19N5O3/c1-14-11-12-18-20(25-14)27-28-21(18)26-22(30)19(13-15-7-3-2-4-8-15)29-23(31)16-9-5-6-10-17(16)24(29)32/h2-12,19H,13H2,1H3,(H2,25,26,27,28,30). The Hall–Kier alpha value is -4.33. The van der Waals surface area contributed by atoms with Gasteiger partial charge in [0.1, 0.15) is 6.04 Å². The Labute approximate surface area is 183 Å². The number of carbonyl (C=O) groups excluding carboxylic acids is 3. The Morgan fingerprint density at radius 2 is 1.62 bits per heavy atom. The van der Waals surface area contributed by atoms with Gasteiger partial charge in [-0.1, -0.05) is 42.5 Å². The number of fused-ring (bicyclic) bond motifs is 2. The first-order valence-corrected chi connectivity index (χ1v) is 10.2. The van der Waals surface area contributed by atoms with E-state index in [1.54, 1.807) is 24.3 Å². The predicted molar refractivity (Wildman–Crippen MR) is 118 cm³/mol. The van der Waals surface area contributed by atoms with Crippen LogP contribution >= 0.6 is 0 Å². The quantitative estimate of drug-likeness (QED) is 0.478. The maximum absolute atomic E-state index is 13.4. The van der Waals surface area contributed by atoms with E-state index in [9.17, 15) is 14.4 Å². The van der Waals surface area contributed by atoms with Gasteiger partial charge in [0, 0.05) is 12.1 Å². The number of aromatic nitrogens is 3. The van der Waals surface area contributed by atoms with Crippen LogP contribution < -0.4 is 5.32 Å². The lowest BCUT2D eigenvalue weighted by atomic mass is 10.0. The predicted octanol–water partition coefficient (Wildman–Crippen LogP) is 3.11. The van der Waals surface area contributed by atoms with Gasteiger partial charge in [0.2, 0.25) is 5.91 Å². The molecule has 3 heterocycles. The minimum absolute atomic E-state index is 0.178. The second kappa shape index (κ2) is 7.73. The van der Waals surface area contributed by atoms with Gasteiger partial charge in [0.15, 0.2) is 11.5 Å². The highest BCUT2D eigenvalue weighted by atomic mass is 16.2. The third kappa shape index (κ3) is 3.31. The Kier molecular flexibility index (Phi) is 4.74. The Morgan fingerprint density at radius 1 is 0.969 bits per heavy atom. The van der Waals surface area contributed by atoms with E-state index in [2.05, 4.69) is 20.5 Å². The zero-order valence-electron chi connectivity index (χ0n) is 17.2. The number of aryl methyl sites for hydroxylation is 1. The summed E-state index contributed by atoms with van der Waals surface area (Å²) < 4.78 is 0. The van der Waals surface area contributed by atoms with Crippen molar-refractivity contribution in [3.63, 3.8) is 0 Å². The molecule has 0 spiro atoms. The molecule has 8 heteroatoms. The van der Waals surface area contributed by atoms with Crippen LogP contribution in [0.15, 0.2) is 66.7 Å². The first-order valence-electron chi connectivity index (χ1n) is 10.2. The van der Waals surface area contributed by atoms with Gasteiger partial charge in [-0.25, -0.2) is 4.98 Å². The Morgan fingerprint density at radius 3 is 2.31 bits per heavy atom. The molecule has 2 aromatic carbocycles. The number of aromatic amines is 1. The van der Waals surface area contributed by atoms with Crippen LogP contribution in [0.3, 0.4) is 0 Å². The van der Waals surface area contributed by atoms with Crippen LogP contribution in [0.5, 0.6) is 0 Å². The molecule has 8 nitrogen and oxygen atoms in total. The van der Waals surface area contributed by atoms with Gasteiger partial charge in [-0.3, -0.25) is 24.4 Å². The molecule has 1 aliphatic heterocycles. The van der Waals surface area contributed by atoms with Gasteiger partial charge in [-0.05, 0) is 36.8 Å². The van der Waals surface area contributed by atoms with E-state index in [0.29, 0.717) is 28.0 Å². The van der Waals surface area contributed by atoms with Crippen LogP contribution in [-0.4, -0.2) is 43.8 Å². The number of carbonyl (C=O) groups is 3. The fourth-order valence-electron chi connectivity index (χ4n) is 3.93. The number of H-pyrrole nitrogens is 1. The molecule has 0 radical (unpaired) electrons. The van der Waals surface area contributed by atoms with Crippen molar-refractivity contribution >= 4 is 34.6 Å². The first kappa shape index (κ1) is 19.6. The summed E-state index contributed by atoms with van der Waals surface area (Å²) in [6.07, 6.45) is 0.178. The fraction of sp³-hybridized carbons (Fsp3) is 0.125. The van der Waals surface area contributed by atoms with E-state index in [-0.39, 0.29) is 6.42 Å². The van der Waals surface area contributed by atoms with Crippen LogP contribution in [0, 0.1) is 6.92 Å². The number of benzene rings is 2. The molecule has 4 aromatic rings. The maximum Gasteiger partial charge on any atom is 0.262 e. The molecule has 0 aliphatic carbocycles. The minimum Gasteiger partial charge on any atom is -0.307 e. The Bertz CT molecular complexity index is 1330. The van der Waals surface area contributed by atoms with Crippen LogP contribution in [0.25, 0.3) is 11.0 Å². The Balaban J connectivity index is 1.50. The van der Waals surface area contributed by atoms with E-state index < -0.39 is 23.8 Å². The highest BCUT2D eigenvalue weighted by Crippen LogP contribution is 2.27. The molecule has 0 bridgehead atoms. The molecule has 0 saturated carbocycles. The average molecular weight is 425 g/mol. The highest BCUT2D eigenvalue weighted by molar-refractivity contribution is 6.23. The van der Waals surface area contributed by atoms with Crippen molar-refractivity contribution < 1.29 is 14.4 Å². The number of nitrogens with one attached hydrogen (secondary N) is 2. The van der Waals surface area contributed by atoms with E-state index in [0.717, 1.165) is 16.2 Å². The third-order valence-electron chi connectivity index (χ3n) is 5.52. The van der Waals surface area contributed by atoms with Gasteiger partial charge in [0.05, 0.1) is 16.5 Å². The number of imide groups is 1. The van der Waals surface area contributed by atoms with Gasteiger partial charge >= 0.3 is 0 Å². The second-order valence-electron chi connectivity index (χ2n) is 7.64. The fourth-order valence-corrected chi connectivity index (χ4v) is 3.93. The van der Waals surface area contributed by atoms with Crippen molar-refractivity contribution in [3.05, 3.63) is 89.1 Å². The number of amides is 3. The topological polar surface area (TPSA) is 108 Å². The third-order valence-corrected chi connectivity index (χ3v) is 5.52. The summed E-state index contributed by atoms with van der Waals surface area (Å²) in [5.74, 6) is -1.17. The lowest BCUT2D eigenvalue weighted by Crippen LogP contribution is -2.48. The van der Waals surface area contributed by atoms with Gasteiger partial charge in [0.25, 0.3) is 11.8 Å². The monoisotopic (exact) mass is 425 g/mol. The van der Waals surface area contributed by atoms with Crippen molar-refractivity contribution in [3.8, 4) is 0 Å². The van der Waals surface area contributed by atoms with Gasteiger partial charge in [-0.2, -0.15) is 5.10 Å². The summed E-state index contributed by atoms with van der Waals surface area (Å²) >= 11 is 0. The molecule has 158 valence electrons. The summed E-state index contributed by atoms with van der Waals surface area (Å²) in [7, 11) is 0. The molecule has 32 heavy (non-hydrogen) atoms. The highest BCUT2D eigenvalue weighted by Gasteiger charge is 2.42. The van der Waals surface area contributed by atoms with Crippen molar-refractivity contribution in [2.24, 2.45) is 0 Å². The minimum atomic E-state index is -1.05. The van der Waals surface area contributed by atoms with E-state index in [1.165, 1.54) is 0 Å². The number of hydrogen-bond acceptors (Lipinski definition) is 5. The van der Waals surface area contributed by atoms with Crippen molar-refractivity contribution in [2.75, 3.05) is 5.32 Å². The van der Waals surface area contributed by atoms with E-state index in [4.69, 9.17) is 0 Å². The molecule has 1 aliphatic rings. The molecule has 5 rings (SSSR count). The zero-order valence-corrected chi connectivity index (χ0v) is 17.2. The summed E-state index contributed by atoms with van der Waals surface area (Å²) in [4.78, 5) is 45.0. The van der Waals surface area contributed by atoms with Crippen LogP contribution in [-0.2, 0) is 11.2 Å². The molecule has 3 amide bonds. The molecule has 1 unspecified atom stereocenters. The number of rotatable bonds is 5. The summed E-state index contributed by atoms with van der Waals surface area (Å²) in [5, 5.41) is 10.4. The first-order chi connectivity index (χ1) is 15.5. The van der Waals surface area contributed by atoms with Crippen molar-refractivity contribution in [1.29, 1.82) is 0 Å². The summed E-state index contributed by atoms with van der Waals surface area (Å²) in [6.45, 7) is 1.86. The molecule has 1 atom stereocenters. The lowest BCUT2D eigenvalue weighted by molar-refractivity contribution is -0.119. The molecular formula is C24H19N5O3. The normalized spacial score (nSPS) is 14.0. The molecular weight excluding hydrogens is 406 g/mol. The number of hydrogen-bond donors (Lipinski definition) is 2. The number of anilines is 1. The largest absolute Gasteiger partial charge is 0.307 e. The average Bonchev–Trinajstić information content (AvgIpc) is 3.31. The summed E-state index contributed by atoms with van der Waals surface area (Å²) in [5.41, 5.74) is 2.78. The number of nitrogens with zero attached hydrogens (tertiary/aromatic N) is 3. The lowest BCUT2D eigenvalue weighted by Gasteiger charge is -2.25. The molecule has 2 aromatic heterocycles. The molecule has 0 saturated heterocycles. The van der Waals surface area contributed by atoms with E-state index >= 15 is 0 Å². The van der Waals surface area contributed by atoms with Crippen LogP contribution in [0.1, 0.15) is 32.0 Å². The zero-order chi connectivity index (χ0) is 22.2. The van der Waals surface area contributed by atoms with Crippen molar-refractivity contribution in [1.82, 2.24) is 20.1 Å². The molecule has 0 fully saturated rings. The van der Waals surface area contributed by atoms with Gasteiger partial charge in [-0.15, -0.1) is 0 Å². The van der Waals surface area contributed by atoms with Crippen LogP contribution in [0.2, 0.25) is 0 Å². The SMILES string of the molecule is Cc1ccc2c(NC(=O)C(Cc3ccccc3)N3C(=O)c4ccccc4C3=O)n[nH]c2n1. The smallest absolute Gasteiger partial charge is 0.262 e. The van der Waals surface area contributed by atoms with Crippen LogP contribution in [0.4, 0.5) is 5.82 Å². The molecule has 2 N–H and O–H groups in total. The second-order valence-corrected chi connectivity index (χ2v) is 7.64. The van der Waals surface area contributed by atoms with Gasteiger partial charge < -0.3 is 5.32 Å². The van der Waals surface area contributed by atoms with Crippen molar-refractivity contribution in [2.45, 2.75) is 19.4 Å². The number of pyridine rings is 1. The summed E-state index contributed by atoms with van der Waals surface area (Å²) in [6, 6.07) is 18.5. The maximum atomic E-state index is 13.4.